The van der Waals surface area contributed by atoms with Crippen molar-refractivity contribution < 1.29 is 14.0 Å². The van der Waals surface area contributed by atoms with Gasteiger partial charge in [0, 0.05) is 18.2 Å². The summed E-state index contributed by atoms with van der Waals surface area (Å²) in [6.07, 6.45) is 5.28. The summed E-state index contributed by atoms with van der Waals surface area (Å²) in [5.74, 6) is 2.06. The number of methoxy groups -OCH3 is 1. The molecule has 2 fully saturated rings. The van der Waals surface area contributed by atoms with Crippen LogP contribution in [0.5, 0.6) is 5.75 Å². The van der Waals surface area contributed by atoms with Crippen LogP contribution >= 0.6 is 0 Å². The maximum atomic E-state index is 5.93. The van der Waals surface area contributed by atoms with Crippen molar-refractivity contribution in [2.24, 2.45) is 0 Å². The molecule has 2 heterocycles. The van der Waals surface area contributed by atoms with Gasteiger partial charge in [-0.2, -0.15) is 4.98 Å². The van der Waals surface area contributed by atoms with Crippen LogP contribution < -0.4 is 4.74 Å². The highest BCUT2D eigenvalue weighted by atomic mass is 16.5. The quantitative estimate of drug-likeness (QED) is 0.859. The third kappa shape index (κ3) is 3.16. The molecule has 0 radical (unpaired) electrons. The highest BCUT2D eigenvalue weighted by Gasteiger charge is 2.34. The first-order chi connectivity index (χ1) is 11.8. The lowest BCUT2D eigenvalue weighted by Gasteiger charge is -2.43. The molecule has 0 bridgehead atoms. The summed E-state index contributed by atoms with van der Waals surface area (Å²) in [4.78, 5) is 7.01. The zero-order valence-electron chi connectivity index (χ0n) is 14.0. The molecule has 2 aromatic rings. The van der Waals surface area contributed by atoms with Crippen LogP contribution in [0.1, 0.15) is 31.6 Å². The largest absolute Gasteiger partial charge is 0.497 e. The Morgan fingerprint density at radius 3 is 3.12 bits per heavy atom. The minimum atomic E-state index is 0.369. The van der Waals surface area contributed by atoms with E-state index in [2.05, 4.69) is 15.0 Å². The van der Waals surface area contributed by atoms with E-state index in [4.69, 9.17) is 14.0 Å². The van der Waals surface area contributed by atoms with Gasteiger partial charge in [0.25, 0.3) is 0 Å². The fraction of sp³-hybridized carbons (Fsp3) is 0.556. The minimum Gasteiger partial charge on any atom is -0.497 e. The summed E-state index contributed by atoms with van der Waals surface area (Å²) in [5.41, 5.74) is 0.905. The molecule has 1 aliphatic carbocycles. The highest BCUT2D eigenvalue weighted by Crippen LogP contribution is 2.29. The zero-order chi connectivity index (χ0) is 16.4. The van der Waals surface area contributed by atoms with Crippen molar-refractivity contribution in [3.05, 3.63) is 30.2 Å². The van der Waals surface area contributed by atoms with Crippen LogP contribution in [0, 0.1) is 0 Å². The van der Waals surface area contributed by atoms with Crippen molar-refractivity contribution in [3.63, 3.8) is 0 Å². The van der Waals surface area contributed by atoms with Crippen molar-refractivity contribution in [1.29, 1.82) is 0 Å². The molecule has 0 N–H and O–H groups in total. The van der Waals surface area contributed by atoms with Crippen LogP contribution in [0.25, 0.3) is 11.4 Å². The van der Waals surface area contributed by atoms with Gasteiger partial charge in [-0.1, -0.05) is 30.1 Å². The lowest BCUT2D eigenvalue weighted by Crippen LogP contribution is -2.52. The fourth-order valence-electron chi connectivity index (χ4n) is 3.75. The van der Waals surface area contributed by atoms with Gasteiger partial charge >= 0.3 is 0 Å². The van der Waals surface area contributed by atoms with E-state index < -0.39 is 0 Å². The summed E-state index contributed by atoms with van der Waals surface area (Å²) >= 11 is 0. The molecule has 0 spiro atoms. The van der Waals surface area contributed by atoms with Gasteiger partial charge in [0.1, 0.15) is 5.75 Å². The summed E-state index contributed by atoms with van der Waals surface area (Å²) in [7, 11) is 1.65. The molecule has 1 aliphatic heterocycles. The average Bonchev–Trinajstić information content (AvgIpc) is 3.11. The molecule has 1 saturated carbocycles. The van der Waals surface area contributed by atoms with Gasteiger partial charge in [-0.25, -0.2) is 0 Å². The second-order valence-electron chi connectivity index (χ2n) is 6.48. The standard InChI is InChI=1S/C18H23N3O3/c1-22-14-6-4-5-13(11-14)18-19-17(24-20-18)12-21-9-10-23-16-8-3-2-7-15(16)21/h4-6,11,15-16H,2-3,7-10,12H2,1H3/t15-,16+/m1/s1. The summed E-state index contributed by atoms with van der Waals surface area (Å²) in [6.45, 7) is 2.41. The van der Waals surface area contributed by atoms with Gasteiger partial charge in [-0.05, 0) is 25.0 Å². The Bertz CT molecular complexity index is 686. The minimum absolute atomic E-state index is 0.369. The lowest BCUT2D eigenvalue weighted by atomic mass is 9.90. The molecule has 1 aromatic heterocycles. The SMILES string of the molecule is COc1cccc(-c2noc(CN3CCO[C@H]4CCCC[C@H]43)n2)c1. The highest BCUT2D eigenvalue weighted by molar-refractivity contribution is 5.56. The second kappa shape index (κ2) is 6.91. The van der Waals surface area contributed by atoms with Crippen LogP contribution in [0.4, 0.5) is 0 Å². The monoisotopic (exact) mass is 329 g/mol. The molecule has 1 saturated heterocycles. The van der Waals surface area contributed by atoms with Crippen LogP contribution in [0.2, 0.25) is 0 Å². The first-order valence-electron chi connectivity index (χ1n) is 8.66. The molecule has 1 aromatic carbocycles. The molecule has 4 rings (SSSR count). The maximum Gasteiger partial charge on any atom is 0.241 e. The van der Waals surface area contributed by atoms with E-state index in [0.717, 1.165) is 24.5 Å². The van der Waals surface area contributed by atoms with Crippen molar-refractivity contribution in [3.8, 4) is 17.1 Å². The maximum absolute atomic E-state index is 5.93. The van der Waals surface area contributed by atoms with Crippen molar-refractivity contribution in [2.75, 3.05) is 20.3 Å². The zero-order valence-corrected chi connectivity index (χ0v) is 14.0. The van der Waals surface area contributed by atoms with E-state index in [-0.39, 0.29) is 0 Å². The summed E-state index contributed by atoms with van der Waals surface area (Å²) in [6, 6.07) is 8.20. The third-order valence-corrected chi connectivity index (χ3v) is 4.98. The van der Waals surface area contributed by atoms with E-state index in [1.165, 1.54) is 25.7 Å². The topological polar surface area (TPSA) is 60.6 Å². The lowest BCUT2D eigenvalue weighted by molar-refractivity contribution is -0.0933. The molecular formula is C18H23N3O3. The molecular weight excluding hydrogens is 306 g/mol. The second-order valence-corrected chi connectivity index (χ2v) is 6.48. The Labute approximate surface area is 141 Å². The Morgan fingerprint density at radius 2 is 2.21 bits per heavy atom. The number of benzene rings is 1. The number of morpholine rings is 1. The van der Waals surface area contributed by atoms with Crippen molar-refractivity contribution in [1.82, 2.24) is 15.0 Å². The van der Waals surface area contributed by atoms with Crippen LogP contribution in [0.3, 0.4) is 0 Å². The van der Waals surface area contributed by atoms with Gasteiger partial charge < -0.3 is 14.0 Å². The summed E-state index contributed by atoms with van der Waals surface area (Å²) in [5, 5.41) is 4.13. The number of fused-ring (bicyclic) bond motifs is 1. The van der Waals surface area contributed by atoms with Crippen molar-refractivity contribution in [2.45, 2.75) is 44.4 Å². The van der Waals surface area contributed by atoms with Gasteiger partial charge in [0.2, 0.25) is 11.7 Å². The van der Waals surface area contributed by atoms with Gasteiger partial charge in [-0.3, -0.25) is 4.90 Å². The number of ether oxygens (including phenoxy) is 2. The number of hydrogen-bond acceptors (Lipinski definition) is 6. The average molecular weight is 329 g/mol. The smallest absolute Gasteiger partial charge is 0.241 e. The Morgan fingerprint density at radius 1 is 1.29 bits per heavy atom. The normalized spacial score (nSPS) is 24.5. The first-order valence-corrected chi connectivity index (χ1v) is 8.66. The van der Waals surface area contributed by atoms with Crippen molar-refractivity contribution >= 4 is 0 Å². The number of nitrogens with zero attached hydrogens (tertiary/aromatic N) is 3. The Balaban J connectivity index is 1.48. The van der Waals surface area contributed by atoms with Gasteiger partial charge in [0.05, 0.1) is 26.4 Å². The third-order valence-electron chi connectivity index (χ3n) is 4.98. The Kier molecular flexibility index (Phi) is 4.49. The molecule has 24 heavy (non-hydrogen) atoms. The van der Waals surface area contributed by atoms with E-state index in [1.807, 2.05) is 24.3 Å². The van der Waals surface area contributed by atoms with Crippen LogP contribution in [-0.4, -0.2) is 47.4 Å². The number of hydrogen-bond donors (Lipinski definition) is 0. The van der Waals surface area contributed by atoms with E-state index in [9.17, 15) is 0 Å². The Hall–Kier alpha value is -1.92. The molecule has 128 valence electrons. The van der Waals surface area contributed by atoms with Crippen LogP contribution in [0.15, 0.2) is 28.8 Å². The fourth-order valence-corrected chi connectivity index (χ4v) is 3.75. The van der Waals surface area contributed by atoms with Gasteiger partial charge in [0.15, 0.2) is 0 Å². The number of rotatable bonds is 4. The van der Waals surface area contributed by atoms with E-state index in [0.29, 0.717) is 30.4 Å². The predicted octanol–water partition coefficient (Wildman–Crippen LogP) is 2.89. The van der Waals surface area contributed by atoms with E-state index in [1.54, 1.807) is 7.11 Å². The first kappa shape index (κ1) is 15.6. The van der Waals surface area contributed by atoms with E-state index >= 15 is 0 Å². The molecule has 2 atom stereocenters. The predicted molar refractivity (Wildman–Crippen MR) is 88.7 cm³/mol. The molecule has 0 unspecified atom stereocenters. The summed E-state index contributed by atoms with van der Waals surface area (Å²) < 4.78 is 16.7. The molecule has 0 amide bonds. The van der Waals surface area contributed by atoms with Gasteiger partial charge in [-0.15, -0.1) is 0 Å². The number of aromatic nitrogens is 2. The van der Waals surface area contributed by atoms with Crippen LogP contribution in [-0.2, 0) is 11.3 Å². The molecule has 2 aliphatic rings. The molecule has 6 nitrogen and oxygen atoms in total. The molecule has 6 heteroatoms.